The molecule has 0 aliphatic rings. The monoisotopic (exact) mass is 218 g/mol. The summed E-state index contributed by atoms with van der Waals surface area (Å²) in [5.74, 6) is 0.604. The van der Waals surface area contributed by atoms with Gasteiger partial charge in [0.25, 0.3) is 0 Å². The van der Waals surface area contributed by atoms with Crippen molar-refractivity contribution in [3.63, 3.8) is 0 Å². The maximum Gasteiger partial charge on any atom is 0.220 e. The molecule has 0 amide bonds. The molecule has 0 aliphatic heterocycles. The van der Waals surface area contributed by atoms with Crippen LogP contribution in [-0.4, -0.2) is 38.5 Å². The van der Waals surface area contributed by atoms with Crippen molar-refractivity contribution in [3.05, 3.63) is 48.2 Å². The number of ether oxygens (including phenoxy) is 1. The second kappa shape index (κ2) is 6.08. The standard InChI is InChI=1S/C13H18N2O/c1-11(10-15(2)3)14-13(16-4)12-8-6-5-7-9-12/h5-9H,1,10H2,2-4H3. The highest BCUT2D eigenvalue weighted by atomic mass is 16.5. The first-order chi connectivity index (χ1) is 7.63. The van der Waals surface area contributed by atoms with Crippen molar-refractivity contribution >= 4 is 5.90 Å². The molecule has 86 valence electrons. The van der Waals surface area contributed by atoms with Gasteiger partial charge in [0, 0.05) is 12.1 Å². The van der Waals surface area contributed by atoms with E-state index in [0.717, 1.165) is 17.8 Å². The van der Waals surface area contributed by atoms with Crippen molar-refractivity contribution < 1.29 is 4.74 Å². The molecule has 0 fully saturated rings. The van der Waals surface area contributed by atoms with Crippen molar-refractivity contribution in [2.24, 2.45) is 4.99 Å². The van der Waals surface area contributed by atoms with Crippen LogP contribution in [0.5, 0.6) is 0 Å². The minimum absolute atomic E-state index is 0.604. The summed E-state index contributed by atoms with van der Waals surface area (Å²) >= 11 is 0. The van der Waals surface area contributed by atoms with Crippen LogP contribution in [-0.2, 0) is 4.74 Å². The van der Waals surface area contributed by atoms with Crippen molar-refractivity contribution in [1.29, 1.82) is 0 Å². The van der Waals surface area contributed by atoms with Gasteiger partial charge in [-0.25, -0.2) is 4.99 Å². The van der Waals surface area contributed by atoms with Gasteiger partial charge in [0.2, 0.25) is 5.90 Å². The highest BCUT2D eigenvalue weighted by molar-refractivity contribution is 5.94. The number of benzene rings is 1. The quantitative estimate of drug-likeness (QED) is 0.571. The summed E-state index contributed by atoms with van der Waals surface area (Å²) in [6.45, 7) is 4.62. The van der Waals surface area contributed by atoms with Gasteiger partial charge >= 0.3 is 0 Å². The molecule has 0 spiro atoms. The number of hydrogen-bond donors (Lipinski definition) is 0. The molecular formula is C13H18N2O. The van der Waals surface area contributed by atoms with Gasteiger partial charge in [-0.2, -0.15) is 0 Å². The largest absolute Gasteiger partial charge is 0.481 e. The lowest BCUT2D eigenvalue weighted by molar-refractivity contribution is 0.401. The Balaban J connectivity index is 2.82. The van der Waals surface area contributed by atoms with Gasteiger partial charge in [-0.1, -0.05) is 24.8 Å². The van der Waals surface area contributed by atoms with Crippen molar-refractivity contribution in [1.82, 2.24) is 4.90 Å². The van der Waals surface area contributed by atoms with E-state index in [4.69, 9.17) is 4.74 Å². The molecule has 0 N–H and O–H groups in total. The molecule has 3 nitrogen and oxygen atoms in total. The van der Waals surface area contributed by atoms with Gasteiger partial charge in [0.05, 0.1) is 12.8 Å². The van der Waals surface area contributed by atoms with E-state index in [1.807, 2.05) is 49.3 Å². The molecule has 1 rings (SSSR count). The lowest BCUT2D eigenvalue weighted by Gasteiger charge is -2.10. The van der Waals surface area contributed by atoms with E-state index < -0.39 is 0 Å². The molecule has 3 heteroatoms. The molecule has 0 bridgehead atoms. The summed E-state index contributed by atoms with van der Waals surface area (Å²) in [5, 5.41) is 0. The average Bonchev–Trinajstić information content (AvgIpc) is 2.26. The normalized spacial score (nSPS) is 11.6. The summed E-state index contributed by atoms with van der Waals surface area (Å²) in [7, 11) is 5.58. The molecule has 0 radical (unpaired) electrons. The van der Waals surface area contributed by atoms with Gasteiger partial charge in [-0.05, 0) is 26.2 Å². The average molecular weight is 218 g/mol. The Morgan fingerprint density at radius 3 is 2.44 bits per heavy atom. The number of likely N-dealkylation sites (N-methyl/N-ethyl adjacent to an activating group) is 1. The summed E-state index contributed by atoms with van der Waals surface area (Å²) in [4.78, 5) is 6.38. The Morgan fingerprint density at radius 1 is 1.31 bits per heavy atom. The van der Waals surface area contributed by atoms with Crippen LogP contribution < -0.4 is 0 Å². The van der Waals surface area contributed by atoms with Crippen LogP contribution in [0.4, 0.5) is 0 Å². The van der Waals surface area contributed by atoms with E-state index in [1.165, 1.54) is 0 Å². The molecule has 1 aromatic carbocycles. The van der Waals surface area contributed by atoms with Crippen LogP contribution in [0.3, 0.4) is 0 Å². The third-order valence-electron chi connectivity index (χ3n) is 1.97. The van der Waals surface area contributed by atoms with Crippen LogP contribution in [0.25, 0.3) is 0 Å². The van der Waals surface area contributed by atoms with Gasteiger partial charge in [0.15, 0.2) is 0 Å². The number of rotatable bonds is 4. The maximum absolute atomic E-state index is 5.26. The van der Waals surface area contributed by atoms with Gasteiger partial charge < -0.3 is 9.64 Å². The van der Waals surface area contributed by atoms with E-state index >= 15 is 0 Å². The van der Waals surface area contributed by atoms with E-state index in [-0.39, 0.29) is 0 Å². The van der Waals surface area contributed by atoms with Gasteiger partial charge in [0.1, 0.15) is 0 Å². The van der Waals surface area contributed by atoms with Gasteiger partial charge in [-0.15, -0.1) is 0 Å². The second-order valence-corrected chi connectivity index (χ2v) is 3.79. The Bertz CT molecular complexity index is 369. The minimum atomic E-state index is 0.604. The van der Waals surface area contributed by atoms with E-state index in [0.29, 0.717) is 5.90 Å². The third kappa shape index (κ3) is 3.87. The van der Waals surface area contributed by atoms with E-state index in [9.17, 15) is 0 Å². The number of hydrogen-bond acceptors (Lipinski definition) is 3. The van der Waals surface area contributed by atoms with Crippen molar-refractivity contribution in [2.45, 2.75) is 0 Å². The van der Waals surface area contributed by atoms with Crippen LogP contribution in [0.1, 0.15) is 5.56 Å². The second-order valence-electron chi connectivity index (χ2n) is 3.79. The van der Waals surface area contributed by atoms with Crippen molar-refractivity contribution in [2.75, 3.05) is 27.7 Å². The first-order valence-electron chi connectivity index (χ1n) is 5.14. The molecule has 1 aromatic rings. The lowest BCUT2D eigenvalue weighted by atomic mass is 10.2. The number of methoxy groups -OCH3 is 1. The van der Waals surface area contributed by atoms with Crippen molar-refractivity contribution in [3.8, 4) is 0 Å². The molecule has 0 aliphatic carbocycles. The zero-order valence-corrected chi connectivity index (χ0v) is 10.1. The zero-order valence-electron chi connectivity index (χ0n) is 10.1. The molecule has 0 atom stereocenters. The molecule has 0 heterocycles. The maximum atomic E-state index is 5.26. The fourth-order valence-corrected chi connectivity index (χ4v) is 1.35. The summed E-state index contributed by atoms with van der Waals surface area (Å²) in [6.07, 6.45) is 0. The van der Waals surface area contributed by atoms with E-state index in [2.05, 4.69) is 11.6 Å². The van der Waals surface area contributed by atoms with Crippen LogP contribution in [0.15, 0.2) is 47.6 Å². The predicted molar refractivity (Wildman–Crippen MR) is 67.7 cm³/mol. The molecular weight excluding hydrogens is 200 g/mol. The fraction of sp³-hybridized carbons (Fsp3) is 0.308. The summed E-state index contributed by atoms with van der Waals surface area (Å²) in [6, 6.07) is 9.80. The minimum Gasteiger partial charge on any atom is -0.481 e. The number of nitrogens with zero attached hydrogens (tertiary/aromatic N) is 2. The van der Waals surface area contributed by atoms with Crippen LogP contribution in [0, 0.1) is 0 Å². The first-order valence-corrected chi connectivity index (χ1v) is 5.14. The third-order valence-corrected chi connectivity index (χ3v) is 1.97. The molecule has 0 aromatic heterocycles. The Kier molecular flexibility index (Phi) is 4.73. The topological polar surface area (TPSA) is 24.8 Å². The van der Waals surface area contributed by atoms with Crippen LogP contribution in [0.2, 0.25) is 0 Å². The highest BCUT2D eigenvalue weighted by Gasteiger charge is 2.03. The number of aliphatic imine (C=N–C) groups is 1. The first kappa shape index (κ1) is 12.5. The van der Waals surface area contributed by atoms with Gasteiger partial charge in [-0.3, -0.25) is 0 Å². The molecule has 0 saturated carbocycles. The predicted octanol–water partition coefficient (Wildman–Crippen LogP) is 2.15. The summed E-state index contributed by atoms with van der Waals surface area (Å²) < 4.78 is 5.26. The Hall–Kier alpha value is -1.61. The molecule has 0 saturated heterocycles. The fourth-order valence-electron chi connectivity index (χ4n) is 1.35. The molecule has 0 unspecified atom stereocenters. The Labute approximate surface area is 97.1 Å². The summed E-state index contributed by atoms with van der Waals surface area (Å²) in [5.41, 5.74) is 1.75. The molecule has 16 heavy (non-hydrogen) atoms. The Morgan fingerprint density at radius 2 is 1.94 bits per heavy atom. The SMILES string of the molecule is C=C(CN(C)C)N=C(OC)c1ccccc1. The smallest absolute Gasteiger partial charge is 0.220 e. The highest BCUT2D eigenvalue weighted by Crippen LogP contribution is 2.05. The van der Waals surface area contributed by atoms with Crippen LogP contribution >= 0.6 is 0 Å². The lowest BCUT2D eigenvalue weighted by Crippen LogP contribution is -2.15. The van der Waals surface area contributed by atoms with E-state index in [1.54, 1.807) is 7.11 Å². The zero-order chi connectivity index (χ0) is 12.0.